The van der Waals surface area contributed by atoms with Gasteiger partial charge in [-0.1, -0.05) is 6.92 Å². The standard InChI is InChI=1S/C20H38N4O4S/c1-4-15-29(27,28)24-12-7-9-18(16-24)20(26)23-11-8-10-21(13-14-23)17-19(25)22(5-2)6-3/h18H,4-17H2,1-3H3. The van der Waals surface area contributed by atoms with Gasteiger partial charge in [-0.2, -0.15) is 0 Å². The Morgan fingerprint density at radius 2 is 1.69 bits per heavy atom. The van der Waals surface area contributed by atoms with Crippen molar-refractivity contribution in [2.75, 3.05) is 64.7 Å². The maximum atomic E-state index is 13.1. The lowest BCUT2D eigenvalue weighted by molar-refractivity contribution is -0.136. The van der Waals surface area contributed by atoms with Gasteiger partial charge >= 0.3 is 0 Å². The second-order valence-electron chi connectivity index (χ2n) is 8.03. The van der Waals surface area contributed by atoms with E-state index in [4.69, 9.17) is 0 Å². The van der Waals surface area contributed by atoms with Crippen LogP contribution in [0, 0.1) is 5.92 Å². The van der Waals surface area contributed by atoms with Crippen LogP contribution in [0.4, 0.5) is 0 Å². The third-order valence-electron chi connectivity index (χ3n) is 5.96. The summed E-state index contributed by atoms with van der Waals surface area (Å²) in [4.78, 5) is 31.3. The summed E-state index contributed by atoms with van der Waals surface area (Å²) in [5, 5.41) is 0. The number of piperidine rings is 1. The molecule has 2 aliphatic heterocycles. The minimum atomic E-state index is -3.26. The van der Waals surface area contributed by atoms with Crippen LogP contribution in [0.5, 0.6) is 0 Å². The van der Waals surface area contributed by atoms with E-state index in [1.165, 1.54) is 4.31 Å². The van der Waals surface area contributed by atoms with Crippen molar-refractivity contribution in [1.29, 1.82) is 0 Å². The van der Waals surface area contributed by atoms with Gasteiger partial charge in [-0.15, -0.1) is 0 Å². The summed E-state index contributed by atoms with van der Waals surface area (Å²) >= 11 is 0. The molecule has 0 N–H and O–H groups in total. The lowest BCUT2D eigenvalue weighted by Crippen LogP contribution is -2.48. The average molecular weight is 431 g/mol. The molecule has 0 aliphatic carbocycles. The van der Waals surface area contributed by atoms with Gasteiger partial charge in [0.2, 0.25) is 21.8 Å². The van der Waals surface area contributed by atoms with Crippen LogP contribution >= 0.6 is 0 Å². The van der Waals surface area contributed by atoms with Crippen LogP contribution in [0.15, 0.2) is 0 Å². The van der Waals surface area contributed by atoms with E-state index >= 15 is 0 Å². The average Bonchev–Trinajstić information content (AvgIpc) is 2.94. The lowest BCUT2D eigenvalue weighted by atomic mass is 9.98. The predicted molar refractivity (Wildman–Crippen MR) is 114 cm³/mol. The van der Waals surface area contributed by atoms with Crippen LogP contribution in [-0.2, 0) is 19.6 Å². The molecule has 8 nitrogen and oxygen atoms in total. The Labute approximate surface area is 176 Å². The Balaban J connectivity index is 1.91. The number of hydrogen-bond acceptors (Lipinski definition) is 5. The first-order chi connectivity index (χ1) is 13.8. The van der Waals surface area contributed by atoms with E-state index in [0.29, 0.717) is 58.8 Å². The molecule has 1 atom stereocenters. The molecule has 0 saturated carbocycles. The van der Waals surface area contributed by atoms with Gasteiger partial charge in [0.25, 0.3) is 0 Å². The fraction of sp³-hybridized carbons (Fsp3) is 0.900. The highest BCUT2D eigenvalue weighted by molar-refractivity contribution is 7.89. The molecule has 2 heterocycles. The molecule has 0 aromatic carbocycles. The zero-order valence-electron chi connectivity index (χ0n) is 18.3. The van der Waals surface area contributed by atoms with Crippen molar-refractivity contribution in [2.24, 2.45) is 5.92 Å². The highest BCUT2D eigenvalue weighted by Crippen LogP contribution is 2.22. The van der Waals surface area contributed by atoms with Gasteiger partial charge in [0.1, 0.15) is 0 Å². The van der Waals surface area contributed by atoms with Crippen molar-refractivity contribution in [1.82, 2.24) is 19.0 Å². The van der Waals surface area contributed by atoms with Crippen molar-refractivity contribution >= 4 is 21.8 Å². The fourth-order valence-electron chi connectivity index (χ4n) is 4.26. The number of carbonyl (C=O) groups excluding carboxylic acids is 2. The van der Waals surface area contributed by atoms with Crippen LogP contribution in [0.2, 0.25) is 0 Å². The van der Waals surface area contributed by atoms with E-state index in [9.17, 15) is 18.0 Å². The van der Waals surface area contributed by atoms with E-state index in [1.54, 1.807) is 0 Å². The van der Waals surface area contributed by atoms with E-state index < -0.39 is 10.0 Å². The van der Waals surface area contributed by atoms with Crippen molar-refractivity contribution in [2.45, 2.75) is 46.5 Å². The fourth-order valence-corrected chi connectivity index (χ4v) is 5.85. The minimum Gasteiger partial charge on any atom is -0.342 e. The summed E-state index contributed by atoms with van der Waals surface area (Å²) in [5.74, 6) is 0.101. The summed E-state index contributed by atoms with van der Waals surface area (Å²) in [6.07, 6.45) is 2.91. The van der Waals surface area contributed by atoms with Gasteiger partial charge in [0.15, 0.2) is 0 Å². The van der Waals surface area contributed by atoms with Crippen molar-refractivity contribution in [3.05, 3.63) is 0 Å². The first-order valence-corrected chi connectivity index (χ1v) is 12.7. The first kappa shape index (κ1) is 24.1. The van der Waals surface area contributed by atoms with E-state index in [-0.39, 0.29) is 23.5 Å². The number of amides is 2. The molecule has 0 spiro atoms. The Morgan fingerprint density at radius 3 is 2.34 bits per heavy atom. The normalized spacial score (nSPS) is 22.3. The SMILES string of the molecule is CCCS(=O)(=O)N1CCCC(C(=O)N2CCCN(CC(=O)N(CC)CC)CC2)C1. The molecule has 168 valence electrons. The van der Waals surface area contributed by atoms with Crippen LogP contribution in [0.1, 0.15) is 46.5 Å². The third-order valence-corrected chi connectivity index (χ3v) is 8.01. The molecular formula is C20H38N4O4S. The molecule has 2 aliphatic rings. The molecule has 0 aromatic rings. The van der Waals surface area contributed by atoms with Crippen molar-refractivity contribution in [3.8, 4) is 0 Å². The number of likely N-dealkylation sites (N-methyl/N-ethyl adjacent to an activating group) is 1. The number of sulfonamides is 1. The van der Waals surface area contributed by atoms with E-state index in [2.05, 4.69) is 4.90 Å². The van der Waals surface area contributed by atoms with Gasteiger partial charge in [-0.3, -0.25) is 14.5 Å². The number of carbonyl (C=O) groups is 2. The molecule has 2 rings (SSSR count). The van der Waals surface area contributed by atoms with Gasteiger partial charge in [0, 0.05) is 52.4 Å². The third kappa shape index (κ3) is 6.65. The Bertz CT molecular complexity index is 651. The molecule has 2 saturated heterocycles. The quantitative estimate of drug-likeness (QED) is 0.570. The van der Waals surface area contributed by atoms with Crippen molar-refractivity contribution in [3.63, 3.8) is 0 Å². The second-order valence-corrected chi connectivity index (χ2v) is 10.1. The minimum absolute atomic E-state index is 0.0679. The summed E-state index contributed by atoms with van der Waals surface area (Å²) < 4.78 is 26.3. The maximum Gasteiger partial charge on any atom is 0.236 e. The Morgan fingerprint density at radius 1 is 0.966 bits per heavy atom. The number of rotatable bonds is 8. The highest BCUT2D eigenvalue weighted by Gasteiger charge is 2.34. The largest absolute Gasteiger partial charge is 0.342 e. The Hall–Kier alpha value is -1.19. The lowest BCUT2D eigenvalue weighted by Gasteiger charge is -2.34. The van der Waals surface area contributed by atoms with E-state index in [1.807, 2.05) is 30.6 Å². The monoisotopic (exact) mass is 430 g/mol. The molecule has 1 unspecified atom stereocenters. The molecule has 29 heavy (non-hydrogen) atoms. The topological polar surface area (TPSA) is 81.2 Å². The van der Waals surface area contributed by atoms with Gasteiger partial charge in [0.05, 0.1) is 18.2 Å². The second kappa shape index (κ2) is 11.3. The Kier molecular flexibility index (Phi) is 9.36. The first-order valence-electron chi connectivity index (χ1n) is 11.1. The zero-order valence-corrected chi connectivity index (χ0v) is 19.1. The van der Waals surface area contributed by atoms with Crippen LogP contribution in [0.3, 0.4) is 0 Å². The zero-order chi connectivity index (χ0) is 21.4. The number of nitrogens with zero attached hydrogens (tertiary/aromatic N) is 4. The summed E-state index contributed by atoms with van der Waals surface area (Å²) in [5.41, 5.74) is 0. The van der Waals surface area contributed by atoms with Crippen LogP contribution in [-0.4, -0.2) is 104 Å². The summed E-state index contributed by atoms with van der Waals surface area (Å²) in [6.45, 7) is 11.2. The molecule has 0 bridgehead atoms. The molecule has 9 heteroatoms. The van der Waals surface area contributed by atoms with Crippen molar-refractivity contribution < 1.29 is 18.0 Å². The highest BCUT2D eigenvalue weighted by atomic mass is 32.2. The predicted octanol–water partition coefficient (Wildman–Crippen LogP) is 0.841. The smallest absolute Gasteiger partial charge is 0.236 e. The van der Waals surface area contributed by atoms with Gasteiger partial charge < -0.3 is 9.80 Å². The molecule has 2 fully saturated rings. The number of hydrogen-bond donors (Lipinski definition) is 0. The molecule has 2 amide bonds. The summed E-state index contributed by atoms with van der Waals surface area (Å²) in [7, 11) is -3.26. The van der Waals surface area contributed by atoms with Crippen LogP contribution in [0.25, 0.3) is 0 Å². The molecule has 0 radical (unpaired) electrons. The molecule has 0 aromatic heterocycles. The maximum absolute atomic E-state index is 13.1. The van der Waals surface area contributed by atoms with Gasteiger partial charge in [-0.25, -0.2) is 12.7 Å². The van der Waals surface area contributed by atoms with E-state index in [0.717, 1.165) is 25.8 Å². The van der Waals surface area contributed by atoms with Crippen LogP contribution < -0.4 is 0 Å². The van der Waals surface area contributed by atoms with Gasteiger partial charge in [-0.05, 0) is 39.5 Å². The summed E-state index contributed by atoms with van der Waals surface area (Å²) in [6, 6.07) is 0. The molecular weight excluding hydrogens is 392 g/mol.